The third kappa shape index (κ3) is 13800. The van der Waals surface area contributed by atoms with E-state index >= 15 is 0 Å². The molecule has 0 bridgehead atoms. The molecular weight excluding hydrogens is 1390 g/mol. The van der Waals surface area contributed by atoms with Gasteiger partial charge < -0.3 is 72.9 Å². The molecule has 336 valence electrons. The molecule has 0 aliphatic carbocycles. The Hall–Kier alpha value is 5.18. The maximum Gasteiger partial charge on any atom is 2.00 e. The van der Waals surface area contributed by atoms with Gasteiger partial charge in [-0.1, -0.05) is 0 Å². The molecule has 0 aliphatic rings. The predicted molar refractivity (Wildman–Crippen MR) is 198 cm³/mol. The van der Waals surface area contributed by atoms with Crippen LogP contribution in [0.5, 0.6) is 0 Å². The average molecular weight is 1400 g/mol. The van der Waals surface area contributed by atoms with Gasteiger partial charge in [-0.05, 0) is 0 Å². The Labute approximate surface area is 757 Å². The first-order valence-electron chi connectivity index (χ1n) is 7.91. The fraction of sp³-hybridized carbons (Fsp3) is 0. The minimum Gasteiger partial charge on any atom is -0.328 e. The van der Waals surface area contributed by atoms with Crippen molar-refractivity contribution in [1.29, 1.82) is 0 Å². The van der Waals surface area contributed by atoms with E-state index in [4.69, 9.17) is 215 Å². The zero-order chi connectivity index (χ0) is 50.1. The van der Waals surface area contributed by atoms with Gasteiger partial charge in [0.05, 0.1) is 0 Å². The van der Waals surface area contributed by atoms with Gasteiger partial charge in [-0.3, -0.25) is 0 Å². The van der Waals surface area contributed by atoms with Crippen molar-refractivity contribution in [3.8, 4) is 0 Å². The Morgan fingerprint density at radius 1 is 0.130 bits per heavy atom. The maximum absolute atomic E-state index is 8.36. The molecule has 0 aromatic heterocycles. The molecule has 0 heterocycles. The second kappa shape index (κ2) is 171. The molecule has 69 heavy (non-hydrogen) atoms. The van der Waals surface area contributed by atoms with Gasteiger partial charge in [0.1, 0.15) is 0 Å². The summed E-state index contributed by atoms with van der Waals surface area (Å²) in [5.74, 6) is 0. The Kier molecular flexibility index (Phi) is 443. The van der Waals surface area contributed by atoms with Crippen molar-refractivity contribution in [3.63, 3.8) is 0 Å². The molecule has 0 amide bonds. The Bertz CT molecular complexity index is 736. The van der Waals surface area contributed by atoms with E-state index in [1.54, 1.807) is 0 Å². The normalized spacial score (nSPS) is 4.87. The van der Waals surface area contributed by atoms with Crippen molar-refractivity contribution in [2.45, 2.75) is 0 Å². The molecule has 0 spiro atoms. The fourth-order valence-corrected chi connectivity index (χ4v) is 0. The first kappa shape index (κ1) is 178. The average Bonchev–Trinajstić information content (AvgIpc) is 2.73. The molecule has 0 aromatic carbocycles. The Morgan fingerprint density at radius 2 is 0.130 bits per heavy atom. The van der Waals surface area contributed by atoms with Gasteiger partial charge in [-0.15, -0.1) is 142 Å². The number of hydrogen-bond acceptors (Lipinski definition) is 28. The third-order valence-corrected chi connectivity index (χ3v) is 0. The zero-order valence-corrected chi connectivity index (χ0v) is 61.9. The summed E-state index contributed by atoms with van der Waals surface area (Å²) in [6, 6.07) is 0. The van der Waals surface area contributed by atoms with E-state index in [0.29, 0.717) is 0 Å². The van der Waals surface area contributed by atoms with Crippen molar-refractivity contribution >= 4 is 491 Å². The summed E-state index contributed by atoms with van der Waals surface area (Å²) in [6.45, 7) is 0. The second-order valence-corrected chi connectivity index (χ2v) is 3.33. The summed E-state index contributed by atoms with van der Waals surface area (Å²) >= 11 is 0. The fourth-order valence-electron chi connectivity index (χ4n) is 0. The topological polar surface area (TPSA) is 887 Å². The van der Waals surface area contributed by atoms with Crippen LogP contribution in [-0.4, -0.2) is 635 Å². The van der Waals surface area contributed by atoms with Crippen LogP contribution >= 0.6 is 0 Å². The van der Waals surface area contributed by atoms with Crippen molar-refractivity contribution in [1.82, 2.24) is 0 Å². The molecule has 0 fully saturated rings. The van der Waals surface area contributed by atoms with E-state index < -0.39 is 71.2 Å². The van der Waals surface area contributed by atoms with Crippen LogP contribution in [0.2, 0.25) is 0 Å². The molecule has 0 saturated carbocycles. The van der Waals surface area contributed by atoms with Crippen LogP contribution in [0.1, 0.15) is 0 Å². The minimum absolute atomic E-state index is 0. The minimum atomic E-state index is -1.50. The monoisotopic (exact) mass is 1400 g/mol. The van der Waals surface area contributed by atoms with Crippen molar-refractivity contribution in [3.05, 3.63) is 142 Å². The quantitative estimate of drug-likeness (QED) is 0.0608. The summed E-state index contributed by atoms with van der Waals surface area (Å²) in [5.41, 5.74) is 0. The van der Waals surface area contributed by atoms with Gasteiger partial charge >= 0.3 is 491 Å². The van der Waals surface area contributed by atoms with Crippen LogP contribution in [0.25, 0.3) is 0 Å². The largest absolute Gasteiger partial charge is 2.00 e. The van der Waals surface area contributed by atoms with Crippen LogP contribution in [0, 0.1) is 142 Å². The van der Waals surface area contributed by atoms with Gasteiger partial charge in [0.15, 0.2) is 0 Å². The van der Waals surface area contributed by atoms with Crippen LogP contribution in [0.4, 0.5) is 0 Å². The number of rotatable bonds is 0. The third-order valence-electron chi connectivity index (χ3n) is 0. The van der Waals surface area contributed by atoms with Crippen LogP contribution in [0.3, 0.4) is 0 Å². The van der Waals surface area contributed by atoms with Gasteiger partial charge in [0.2, 0.25) is 0 Å². The molecule has 0 aliphatic heterocycles. The summed E-state index contributed by atoms with van der Waals surface area (Å²) in [5, 5.41) is 191. The Balaban J connectivity index is -0.0000000109. The summed E-state index contributed by atoms with van der Waals surface area (Å²) < 4.78 is 0. The number of hydrogen-bond donors (Lipinski definition) is 14. The molecule has 0 saturated heterocycles. The smallest absolute Gasteiger partial charge is 0.328 e. The van der Waals surface area contributed by atoms with Crippen LogP contribution < -0.4 is 0 Å². The molecule has 69 heteroatoms. The van der Waals surface area contributed by atoms with E-state index in [2.05, 4.69) is 0 Å². The molecule has 0 aromatic rings. The van der Waals surface area contributed by atoms with E-state index in [1.807, 2.05) is 0 Å². The Morgan fingerprint density at radius 3 is 0.130 bits per heavy atom. The zero-order valence-electron chi connectivity index (χ0n) is 33.1. The summed E-state index contributed by atoms with van der Waals surface area (Å²) in [7, 11) is 0. The van der Waals surface area contributed by atoms with E-state index in [-0.39, 0.29) is 491 Å². The van der Waals surface area contributed by atoms with Gasteiger partial charge in [-0.2, -0.15) is 0 Å². The second-order valence-electron chi connectivity index (χ2n) is 3.33. The van der Waals surface area contributed by atoms with E-state index in [9.17, 15) is 0 Å². The van der Waals surface area contributed by atoms with Crippen LogP contribution in [-0.2, 0) is 0 Å². The van der Waals surface area contributed by atoms with Gasteiger partial charge in [-0.25, -0.2) is 0 Å². The van der Waals surface area contributed by atoms with E-state index in [1.165, 1.54) is 0 Å². The van der Waals surface area contributed by atoms with Crippen molar-refractivity contribution < 1.29 is 144 Å². The molecular formula is H14Ca13N14O42+26. The van der Waals surface area contributed by atoms with Gasteiger partial charge in [0.25, 0.3) is 71.2 Å². The van der Waals surface area contributed by atoms with Gasteiger partial charge in [0, 0.05) is 0 Å². The predicted octanol–water partition coefficient (Wildman–Crippen LogP) is -9.82. The molecule has 0 unspecified atom stereocenters. The molecule has 0 rings (SSSR count). The van der Waals surface area contributed by atoms with Crippen molar-refractivity contribution in [2.75, 3.05) is 0 Å². The van der Waals surface area contributed by atoms with Crippen molar-refractivity contribution in [2.24, 2.45) is 0 Å². The SMILES string of the molecule is O=[N+]([O-])O.O=[N+]([O-])O.O=[N+]([O-])O.O=[N+]([O-])O.O=[N+]([O-])O.O=[N+]([O-])O.O=[N+]([O-])O.O=[N+]([O-])O.O=[N+]([O-])O.O=[N+]([O-])O.O=[N+]([O-])O.O=[N+]([O-])O.O=[N+]([O-])O.O=[N+]([O-])O.[Ca+2].[Ca+2].[Ca+2].[Ca+2].[Ca+2].[Ca+2].[Ca+2].[Ca+2].[Ca+2].[Ca+2].[Ca+2].[Ca+2].[Ca+2]. The first-order chi connectivity index (χ1) is 24.2. The first-order valence-corrected chi connectivity index (χ1v) is 7.91. The maximum atomic E-state index is 8.36. The molecule has 0 atom stereocenters. The van der Waals surface area contributed by atoms with Crippen LogP contribution in [0.15, 0.2) is 0 Å². The summed E-state index contributed by atoms with van der Waals surface area (Å²) in [6.07, 6.45) is 0. The summed E-state index contributed by atoms with van der Waals surface area (Å²) in [4.78, 5) is 117. The molecule has 56 nitrogen and oxygen atoms in total. The molecule has 0 radical (unpaired) electrons. The standard InChI is InChI=1S/13Ca.14HNO3/c;;;;;;;;;;;;;14*2-1(3)4/h;;;;;;;;;;;;;14*(H,2,3,4)/q13*+2;;;;;;;;;;;;;;. The number of nitrogens with zero attached hydrogens (tertiary/aromatic N) is 14. The van der Waals surface area contributed by atoms with E-state index in [0.717, 1.165) is 0 Å². The molecule has 14 N–H and O–H groups in total.